The largest absolute Gasteiger partial charge is 0.497 e. The average molecular weight is 471 g/mol. The lowest BCUT2D eigenvalue weighted by Gasteiger charge is -2.31. The third kappa shape index (κ3) is 5.11. The van der Waals surface area contributed by atoms with Crippen molar-refractivity contribution < 1.29 is 19.1 Å². The van der Waals surface area contributed by atoms with Crippen molar-refractivity contribution in [1.29, 1.82) is 0 Å². The van der Waals surface area contributed by atoms with E-state index in [1.807, 2.05) is 47.4 Å². The van der Waals surface area contributed by atoms with Crippen LogP contribution in [0.1, 0.15) is 18.4 Å². The molecule has 5 rings (SSSR count). The SMILES string of the molecule is COc1ccc(NC(=O)NC2CCN(C=C3N=C(c4cccc5ccccc45)OC3=O)CC2)cc1. The van der Waals surface area contributed by atoms with Gasteiger partial charge < -0.3 is 25.0 Å². The first-order valence-electron chi connectivity index (χ1n) is 11.6. The number of nitrogens with one attached hydrogen (secondary N) is 2. The van der Waals surface area contributed by atoms with Gasteiger partial charge in [-0.05, 0) is 53.9 Å². The van der Waals surface area contributed by atoms with Gasteiger partial charge in [-0.1, -0.05) is 36.4 Å². The van der Waals surface area contributed by atoms with Crippen LogP contribution in [0.5, 0.6) is 5.75 Å². The molecular weight excluding hydrogens is 444 g/mol. The summed E-state index contributed by atoms with van der Waals surface area (Å²) in [6.45, 7) is 1.40. The number of hydrogen-bond donors (Lipinski definition) is 2. The zero-order valence-corrected chi connectivity index (χ0v) is 19.4. The average Bonchev–Trinajstić information content (AvgIpc) is 3.25. The molecule has 2 amide bonds. The molecule has 0 atom stereocenters. The van der Waals surface area contributed by atoms with Gasteiger partial charge in [0.2, 0.25) is 5.90 Å². The number of fused-ring (bicyclic) bond motifs is 1. The summed E-state index contributed by atoms with van der Waals surface area (Å²) in [5.74, 6) is 0.606. The number of rotatable bonds is 5. The summed E-state index contributed by atoms with van der Waals surface area (Å²) in [5.41, 5.74) is 1.78. The molecule has 2 aliphatic heterocycles. The maximum atomic E-state index is 12.5. The Bertz CT molecular complexity index is 1300. The van der Waals surface area contributed by atoms with Gasteiger partial charge in [-0.3, -0.25) is 0 Å². The van der Waals surface area contributed by atoms with E-state index in [1.54, 1.807) is 37.6 Å². The zero-order chi connectivity index (χ0) is 24.2. The number of esters is 1. The highest BCUT2D eigenvalue weighted by atomic mass is 16.6. The molecule has 3 aromatic rings. The van der Waals surface area contributed by atoms with E-state index in [-0.39, 0.29) is 17.8 Å². The summed E-state index contributed by atoms with van der Waals surface area (Å²) >= 11 is 0. The van der Waals surface area contributed by atoms with Gasteiger partial charge in [-0.25, -0.2) is 14.6 Å². The van der Waals surface area contributed by atoms with Crippen LogP contribution in [0.15, 0.2) is 83.6 Å². The molecule has 178 valence electrons. The number of carbonyl (C=O) groups excluding carboxylic acids is 2. The predicted octanol–water partition coefficient (Wildman–Crippen LogP) is 4.28. The number of hydrogen-bond acceptors (Lipinski definition) is 6. The lowest BCUT2D eigenvalue weighted by molar-refractivity contribution is -0.130. The number of urea groups is 1. The quantitative estimate of drug-likeness (QED) is 0.429. The van der Waals surface area contributed by atoms with Crippen LogP contribution in [0.2, 0.25) is 0 Å². The van der Waals surface area contributed by atoms with Gasteiger partial charge in [0.25, 0.3) is 0 Å². The molecule has 0 unspecified atom stereocenters. The van der Waals surface area contributed by atoms with Crippen molar-refractivity contribution in [2.75, 3.05) is 25.5 Å². The Morgan fingerprint density at radius 1 is 1.06 bits per heavy atom. The first-order valence-corrected chi connectivity index (χ1v) is 11.6. The standard InChI is InChI=1S/C27H26N4O4/c1-34-21-11-9-19(10-12-21)28-27(33)29-20-13-15-31(16-14-20)17-24-26(32)35-25(30-24)23-8-4-6-18-5-2-3-7-22(18)23/h2-12,17,20H,13-16H2,1H3,(H2,28,29,33). The number of cyclic esters (lactones) is 1. The van der Waals surface area contributed by atoms with Gasteiger partial charge >= 0.3 is 12.0 Å². The number of ether oxygens (including phenoxy) is 2. The van der Waals surface area contributed by atoms with Gasteiger partial charge in [-0.2, -0.15) is 0 Å². The fraction of sp³-hybridized carbons (Fsp3) is 0.222. The van der Waals surface area contributed by atoms with E-state index in [9.17, 15) is 9.59 Å². The van der Waals surface area contributed by atoms with E-state index in [1.165, 1.54) is 0 Å². The molecule has 8 heteroatoms. The van der Waals surface area contributed by atoms with E-state index < -0.39 is 5.97 Å². The fourth-order valence-electron chi connectivity index (χ4n) is 4.30. The Morgan fingerprint density at radius 2 is 1.80 bits per heavy atom. The first kappa shape index (κ1) is 22.5. The van der Waals surface area contributed by atoms with E-state index in [4.69, 9.17) is 9.47 Å². The van der Waals surface area contributed by atoms with E-state index in [0.29, 0.717) is 24.7 Å². The normalized spacial score (nSPS) is 17.3. The van der Waals surface area contributed by atoms with Gasteiger partial charge in [0.05, 0.1) is 7.11 Å². The highest BCUT2D eigenvalue weighted by Gasteiger charge is 2.27. The van der Waals surface area contributed by atoms with Crippen LogP contribution < -0.4 is 15.4 Å². The molecule has 8 nitrogen and oxygen atoms in total. The van der Waals surface area contributed by atoms with Crippen LogP contribution in [0.3, 0.4) is 0 Å². The Kier molecular flexibility index (Phi) is 6.34. The number of nitrogens with zero attached hydrogens (tertiary/aromatic N) is 2. The lowest BCUT2D eigenvalue weighted by Crippen LogP contribution is -2.44. The fourth-order valence-corrected chi connectivity index (χ4v) is 4.30. The number of anilines is 1. The number of amides is 2. The van der Waals surface area contributed by atoms with E-state index >= 15 is 0 Å². The maximum Gasteiger partial charge on any atom is 0.365 e. The molecule has 1 saturated heterocycles. The molecule has 0 spiro atoms. The molecule has 2 aliphatic rings. The van der Waals surface area contributed by atoms with Gasteiger partial charge in [0.15, 0.2) is 5.70 Å². The highest BCUT2D eigenvalue weighted by Crippen LogP contribution is 2.24. The molecular formula is C27H26N4O4. The molecule has 35 heavy (non-hydrogen) atoms. The third-order valence-corrected chi connectivity index (χ3v) is 6.16. The van der Waals surface area contributed by atoms with Gasteiger partial charge in [0, 0.05) is 36.6 Å². The molecule has 0 saturated carbocycles. The van der Waals surface area contributed by atoms with Crippen LogP contribution in [0.4, 0.5) is 10.5 Å². The van der Waals surface area contributed by atoms with Gasteiger partial charge in [-0.15, -0.1) is 0 Å². The number of likely N-dealkylation sites (tertiary alicyclic amines) is 1. The van der Waals surface area contributed by atoms with Crippen molar-refractivity contribution in [3.8, 4) is 5.75 Å². The molecule has 2 N–H and O–H groups in total. The molecule has 3 aromatic carbocycles. The Hall–Kier alpha value is -4.33. The zero-order valence-electron chi connectivity index (χ0n) is 19.4. The van der Waals surface area contributed by atoms with Crippen molar-refractivity contribution in [3.05, 3.63) is 84.2 Å². The van der Waals surface area contributed by atoms with Crippen molar-refractivity contribution in [3.63, 3.8) is 0 Å². The molecule has 0 aromatic heterocycles. The summed E-state index contributed by atoms with van der Waals surface area (Å²) in [6.07, 6.45) is 3.28. The van der Waals surface area contributed by atoms with E-state index in [2.05, 4.69) is 15.6 Å². The second-order valence-electron chi connectivity index (χ2n) is 8.48. The molecule has 0 bridgehead atoms. The topological polar surface area (TPSA) is 92.3 Å². The minimum Gasteiger partial charge on any atom is -0.497 e. The number of carbonyl (C=O) groups is 2. The smallest absolute Gasteiger partial charge is 0.365 e. The summed E-state index contributed by atoms with van der Waals surface area (Å²) in [4.78, 5) is 31.4. The monoisotopic (exact) mass is 470 g/mol. The molecule has 0 radical (unpaired) electrons. The van der Waals surface area contributed by atoms with Crippen LogP contribution in [-0.4, -0.2) is 49.0 Å². The summed E-state index contributed by atoms with van der Waals surface area (Å²) in [5, 5.41) is 7.91. The third-order valence-electron chi connectivity index (χ3n) is 6.16. The maximum absolute atomic E-state index is 12.5. The number of methoxy groups -OCH3 is 1. The molecule has 2 heterocycles. The minimum absolute atomic E-state index is 0.0492. The summed E-state index contributed by atoms with van der Waals surface area (Å²) in [7, 11) is 1.60. The Morgan fingerprint density at radius 3 is 2.57 bits per heavy atom. The van der Waals surface area contributed by atoms with Gasteiger partial charge in [0.1, 0.15) is 5.75 Å². The molecule has 0 aliphatic carbocycles. The van der Waals surface area contributed by atoms with Crippen LogP contribution in [0, 0.1) is 0 Å². The van der Waals surface area contributed by atoms with Crippen molar-refractivity contribution in [1.82, 2.24) is 10.2 Å². The van der Waals surface area contributed by atoms with Crippen LogP contribution >= 0.6 is 0 Å². The Labute approximate surface area is 203 Å². The summed E-state index contributed by atoms with van der Waals surface area (Å²) in [6, 6.07) is 20.8. The minimum atomic E-state index is -0.452. The number of benzene rings is 3. The highest BCUT2D eigenvalue weighted by molar-refractivity contribution is 6.16. The van der Waals surface area contributed by atoms with Crippen molar-refractivity contribution in [2.45, 2.75) is 18.9 Å². The van der Waals surface area contributed by atoms with Crippen LogP contribution in [-0.2, 0) is 9.53 Å². The summed E-state index contributed by atoms with van der Waals surface area (Å²) < 4.78 is 10.6. The van der Waals surface area contributed by atoms with Crippen molar-refractivity contribution >= 4 is 34.4 Å². The second-order valence-corrected chi connectivity index (χ2v) is 8.48. The lowest BCUT2D eigenvalue weighted by atomic mass is 10.0. The molecule has 1 fully saturated rings. The Balaban J connectivity index is 1.18. The van der Waals surface area contributed by atoms with E-state index in [0.717, 1.165) is 34.9 Å². The number of aliphatic imine (C=N–C) groups is 1. The first-order chi connectivity index (χ1) is 17.1. The second kappa shape index (κ2) is 9.89. The van der Waals surface area contributed by atoms with Crippen LogP contribution in [0.25, 0.3) is 10.8 Å². The predicted molar refractivity (Wildman–Crippen MR) is 134 cm³/mol. The number of piperidine rings is 1. The van der Waals surface area contributed by atoms with Crippen molar-refractivity contribution in [2.24, 2.45) is 4.99 Å².